The van der Waals surface area contributed by atoms with E-state index in [1.807, 2.05) is 0 Å². The summed E-state index contributed by atoms with van der Waals surface area (Å²) in [6.45, 7) is 1.65. The molecule has 0 aromatic heterocycles. The van der Waals surface area contributed by atoms with Crippen LogP contribution in [0.1, 0.15) is 67.3 Å². The summed E-state index contributed by atoms with van der Waals surface area (Å²) < 4.78 is 104. The summed E-state index contributed by atoms with van der Waals surface area (Å²) in [6, 6.07) is 6.40. The van der Waals surface area contributed by atoms with Gasteiger partial charge < -0.3 is 9.84 Å². The topological polar surface area (TPSA) is 46.5 Å². The molecule has 0 amide bonds. The third-order valence-corrected chi connectivity index (χ3v) is 9.37. The molecule has 1 aromatic rings. The van der Waals surface area contributed by atoms with Crippen LogP contribution in [0.15, 0.2) is 47.2 Å². The molecule has 5 rings (SSSR count). The first-order valence-electron chi connectivity index (χ1n) is 12.3. The molecule has 0 bridgehead atoms. The summed E-state index contributed by atoms with van der Waals surface area (Å²) in [5, 5.41) is 11.3. The van der Waals surface area contributed by atoms with Gasteiger partial charge >= 0.3 is 18.0 Å². The maximum atomic E-state index is 15.3. The number of halogens is 7. The number of alkyl halides is 7. The SMILES string of the molecule is C[C@]12CC(c3ccc(C=O)cc3)C3=C4CCOC=C4CCC3C1CCC2(O)C(F)(F)C(F)(F)C(F)(F)F. The van der Waals surface area contributed by atoms with Crippen LogP contribution in [0.2, 0.25) is 0 Å². The van der Waals surface area contributed by atoms with Crippen LogP contribution < -0.4 is 0 Å². The quantitative estimate of drug-likeness (QED) is 0.336. The van der Waals surface area contributed by atoms with Crippen LogP contribution in [-0.2, 0) is 4.74 Å². The second-order valence-corrected chi connectivity index (χ2v) is 11.0. The van der Waals surface area contributed by atoms with Crippen molar-refractivity contribution in [3.8, 4) is 0 Å². The van der Waals surface area contributed by atoms with Gasteiger partial charge in [-0.1, -0.05) is 36.8 Å². The van der Waals surface area contributed by atoms with Gasteiger partial charge in [-0.05, 0) is 60.6 Å². The molecule has 37 heavy (non-hydrogen) atoms. The number of hydrogen-bond acceptors (Lipinski definition) is 3. The van der Waals surface area contributed by atoms with Gasteiger partial charge in [0.25, 0.3) is 0 Å². The maximum Gasteiger partial charge on any atom is 0.459 e. The molecule has 202 valence electrons. The fourth-order valence-electron chi connectivity index (χ4n) is 7.50. The van der Waals surface area contributed by atoms with Crippen molar-refractivity contribution in [2.45, 2.75) is 75.0 Å². The Hall–Kier alpha value is -2.36. The molecule has 0 spiro atoms. The molecule has 2 fully saturated rings. The smallest absolute Gasteiger partial charge is 0.459 e. The van der Waals surface area contributed by atoms with E-state index in [4.69, 9.17) is 4.74 Å². The number of aldehydes is 1. The fourth-order valence-corrected chi connectivity index (χ4v) is 7.50. The molecule has 2 saturated carbocycles. The Labute approximate surface area is 209 Å². The Bertz CT molecular complexity index is 1150. The Morgan fingerprint density at radius 3 is 2.32 bits per heavy atom. The summed E-state index contributed by atoms with van der Waals surface area (Å²) in [6.07, 6.45) is -3.81. The van der Waals surface area contributed by atoms with Crippen LogP contribution >= 0.6 is 0 Å². The maximum absolute atomic E-state index is 15.3. The lowest BCUT2D eigenvalue weighted by Crippen LogP contribution is -2.69. The zero-order valence-electron chi connectivity index (χ0n) is 20.1. The molecule has 4 unspecified atom stereocenters. The zero-order chi connectivity index (χ0) is 27.0. The number of benzene rings is 1. The van der Waals surface area contributed by atoms with Crippen molar-refractivity contribution in [2.75, 3.05) is 6.61 Å². The molecule has 4 aliphatic rings. The summed E-state index contributed by atoms with van der Waals surface area (Å²) in [7, 11) is 0. The van der Waals surface area contributed by atoms with Gasteiger partial charge in [-0.15, -0.1) is 0 Å². The molecule has 3 aliphatic carbocycles. The highest BCUT2D eigenvalue weighted by Gasteiger charge is 2.84. The number of fused-ring (bicyclic) bond motifs is 4. The van der Waals surface area contributed by atoms with Crippen molar-refractivity contribution in [1.82, 2.24) is 0 Å². The van der Waals surface area contributed by atoms with E-state index in [-0.39, 0.29) is 18.8 Å². The molecule has 1 aromatic carbocycles. The number of allylic oxidation sites excluding steroid dienone is 2. The van der Waals surface area contributed by atoms with Crippen molar-refractivity contribution in [1.29, 1.82) is 0 Å². The minimum atomic E-state index is -6.53. The average molecular weight is 532 g/mol. The second-order valence-electron chi connectivity index (χ2n) is 11.0. The van der Waals surface area contributed by atoms with E-state index in [1.165, 1.54) is 6.92 Å². The molecule has 1 aliphatic heterocycles. The number of aliphatic hydroxyl groups is 1. The van der Waals surface area contributed by atoms with Gasteiger partial charge in [-0.25, -0.2) is 0 Å². The lowest BCUT2D eigenvalue weighted by atomic mass is 9.50. The first kappa shape index (κ1) is 26.3. The zero-order valence-corrected chi connectivity index (χ0v) is 20.1. The Morgan fingerprint density at radius 1 is 1.03 bits per heavy atom. The normalized spacial score (nSPS) is 34.2. The standard InChI is InChI=1S/C27H27F7O3/c1-23-12-20(16-4-2-15(13-35)3-5-16)22-18-9-11-37-14-17(18)6-7-19(22)21(23)8-10-24(23,36)25(28,29)26(30,31)27(32,33)34/h2-5,13-14,19-21,36H,6-12H2,1H3/t19?,20?,21?,23-,24?/m0/s1. The van der Waals surface area contributed by atoms with Crippen LogP contribution in [0.25, 0.3) is 0 Å². The number of ether oxygens (including phenoxy) is 1. The van der Waals surface area contributed by atoms with Gasteiger partial charge in [0.05, 0.1) is 12.9 Å². The summed E-state index contributed by atoms with van der Waals surface area (Å²) in [5.41, 5.74) is -1.56. The van der Waals surface area contributed by atoms with Crippen molar-refractivity contribution in [2.24, 2.45) is 17.3 Å². The lowest BCUT2D eigenvalue weighted by molar-refractivity contribution is -0.400. The van der Waals surface area contributed by atoms with E-state index in [0.29, 0.717) is 43.3 Å². The highest BCUT2D eigenvalue weighted by molar-refractivity contribution is 5.74. The molecular formula is C27H27F7O3. The van der Waals surface area contributed by atoms with Crippen molar-refractivity contribution >= 4 is 6.29 Å². The second kappa shape index (κ2) is 8.32. The molecule has 1 N–H and O–H groups in total. The van der Waals surface area contributed by atoms with Crippen LogP contribution in [0, 0.1) is 17.3 Å². The first-order valence-corrected chi connectivity index (χ1v) is 12.3. The van der Waals surface area contributed by atoms with Gasteiger partial charge in [-0.2, -0.15) is 30.7 Å². The van der Waals surface area contributed by atoms with E-state index in [2.05, 4.69) is 0 Å². The van der Waals surface area contributed by atoms with Gasteiger partial charge in [0, 0.05) is 23.3 Å². The minimum absolute atomic E-state index is 0.0929. The monoisotopic (exact) mass is 532 g/mol. The Morgan fingerprint density at radius 2 is 1.70 bits per heavy atom. The predicted octanol–water partition coefficient (Wildman–Crippen LogP) is 6.98. The van der Waals surface area contributed by atoms with Gasteiger partial charge in [-0.3, -0.25) is 4.79 Å². The number of rotatable bonds is 4. The van der Waals surface area contributed by atoms with Gasteiger partial charge in [0.2, 0.25) is 0 Å². The molecule has 0 saturated heterocycles. The summed E-state index contributed by atoms with van der Waals surface area (Å²) >= 11 is 0. The van der Waals surface area contributed by atoms with Crippen LogP contribution in [0.4, 0.5) is 30.7 Å². The average Bonchev–Trinajstić information content (AvgIpc) is 3.14. The van der Waals surface area contributed by atoms with Crippen LogP contribution in [0.5, 0.6) is 0 Å². The number of carbonyl (C=O) groups excluding carboxylic acids is 1. The molecular weight excluding hydrogens is 505 g/mol. The largest absolute Gasteiger partial charge is 0.501 e. The van der Waals surface area contributed by atoms with E-state index >= 15 is 8.78 Å². The van der Waals surface area contributed by atoms with Crippen molar-refractivity contribution < 1.29 is 45.4 Å². The molecule has 0 radical (unpaired) electrons. The number of hydrogen-bond donors (Lipinski definition) is 1. The Balaban J connectivity index is 1.68. The van der Waals surface area contributed by atoms with E-state index in [1.54, 1.807) is 30.5 Å². The lowest BCUT2D eigenvalue weighted by Gasteiger charge is -2.56. The van der Waals surface area contributed by atoms with Crippen molar-refractivity contribution in [3.05, 3.63) is 58.4 Å². The first-order chi connectivity index (χ1) is 17.2. The molecule has 3 nitrogen and oxygen atoms in total. The molecule has 1 heterocycles. The molecule has 10 heteroatoms. The van der Waals surface area contributed by atoms with Crippen molar-refractivity contribution in [3.63, 3.8) is 0 Å². The third-order valence-electron chi connectivity index (χ3n) is 9.37. The summed E-state index contributed by atoms with van der Waals surface area (Å²) in [5.74, 6) is -13.8. The summed E-state index contributed by atoms with van der Waals surface area (Å²) in [4.78, 5) is 11.2. The predicted molar refractivity (Wildman–Crippen MR) is 119 cm³/mol. The highest BCUT2D eigenvalue weighted by atomic mass is 19.4. The third kappa shape index (κ3) is 3.46. The van der Waals surface area contributed by atoms with Crippen LogP contribution in [0.3, 0.4) is 0 Å². The number of carbonyl (C=O) groups is 1. The van der Waals surface area contributed by atoms with Gasteiger partial charge in [0.15, 0.2) is 0 Å². The molecule has 5 atom stereocenters. The fraction of sp³-hybridized carbons (Fsp3) is 0.593. The van der Waals surface area contributed by atoms with E-state index in [0.717, 1.165) is 16.7 Å². The van der Waals surface area contributed by atoms with Crippen LogP contribution in [-0.4, -0.2) is 41.6 Å². The van der Waals surface area contributed by atoms with Gasteiger partial charge in [0.1, 0.15) is 11.9 Å². The highest BCUT2D eigenvalue weighted by Crippen LogP contribution is 2.71. The van der Waals surface area contributed by atoms with E-state index < -0.39 is 47.3 Å². The Kier molecular flexibility index (Phi) is 5.90. The minimum Gasteiger partial charge on any atom is -0.501 e. The van der Waals surface area contributed by atoms with E-state index in [9.17, 15) is 31.9 Å².